The minimum atomic E-state index is -0.264. The first-order valence-electron chi connectivity index (χ1n) is 6.49. The number of halogens is 1. The number of ether oxygens (including phenoxy) is 2. The molecule has 0 N–H and O–H groups in total. The lowest BCUT2D eigenvalue weighted by Gasteiger charge is -2.10. The molecular formula is C17H14FNO2. The van der Waals surface area contributed by atoms with Crippen LogP contribution in [0.25, 0.3) is 22.0 Å². The van der Waals surface area contributed by atoms with E-state index in [2.05, 4.69) is 4.98 Å². The fourth-order valence-electron chi connectivity index (χ4n) is 2.28. The van der Waals surface area contributed by atoms with Crippen molar-refractivity contribution in [3.63, 3.8) is 0 Å². The zero-order valence-electron chi connectivity index (χ0n) is 11.8. The van der Waals surface area contributed by atoms with E-state index < -0.39 is 0 Å². The van der Waals surface area contributed by atoms with Crippen LogP contribution in [0.15, 0.2) is 48.7 Å². The number of methoxy groups -OCH3 is 2. The van der Waals surface area contributed by atoms with Crippen LogP contribution in [-0.2, 0) is 0 Å². The highest BCUT2D eigenvalue weighted by Gasteiger charge is 2.08. The van der Waals surface area contributed by atoms with E-state index in [9.17, 15) is 4.39 Å². The zero-order chi connectivity index (χ0) is 14.8. The molecule has 3 aromatic rings. The summed E-state index contributed by atoms with van der Waals surface area (Å²) in [6.07, 6.45) is 1.73. The Balaban J connectivity index is 2.15. The van der Waals surface area contributed by atoms with Gasteiger partial charge in [-0.15, -0.1) is 0 Å². The molecule has 0 amide bonds. The minimum absolute atomic E-state index is 0.264. The Morgan fingerprint density at radius 1 is 0.905 bits per heavy atom. The summed E-state index contributed by atoms with van der Waals surface area (Å²) in [7, 11) is 3.18. The van der Waals surface area contributed by atoms with Crippen LogP contribution in [0.2, 0.25) is 0 Å². The molecule has 0 spiro atoms. The Kier molecular flexibility index (Phi) is 3.44. The maximum Gasteiger partial charge on any atom is 0.162 e. The van der Waals surface area contributed by atoms with Gasteiger partial charge in [0.15, 0.2) is 11.5 Å². The number of hydrogen-bond acceptors (Lipinski definition) is 3. The Bertz CT molecular complexity index is 802. The van der Waals surface area contributed by atoms with Crippen LogP contribution in [-0.4, -0.2) is 19.2 Å². The predicted molar refractivity (Wildman–Crippen MR) is 80.2 cm³/mol. The molecule has 0 atom stereocenters. The van der Waals surface area contributed by atoms with Crippen molar-refractivity contribution in [3.8, 4) is 22.6 Å². The van der Waals surface area contributed by atoms with Gasteiger partial charge in [-0.2, -0.15) is 0 Å². The third-order valence-corrected chi connectivity index (χ3v) is 3.34. The van der Waals surface area contributed by atoms with E-state index >= 15 is 0 Å². The number of benzene rings is 2. The Labute approximate surface area is 122 Å². The van der Waals surface area contributed by atoms with Crippen LogP contribution >= 0.6 is 0 Å². The fraction of sp³-hybridized carbons (Fsp3) is 0.118. The van der Waals surface area contributed by atoms with E-state index in [0.29, 0.717) is 11.5 Å². The van der Waals surface area contributed by atoms with Gasteiger partial charge in [-0.1, -0.05) is 12.1 Å². The SMILES string of the molecule is COc1cc2cc(-c3cccc(F)c3)cnc2cc1OC. The first-order chi connectivity index (χ1) is 10.2. The van der Waals surface area contributed by atoms with Crippen molar-refractivity contribution in [2.24, 2.45) is 0 Å². The number of nitrogens with zero attached hydrogens (tertiary/aromatic N) is 1. The molecule has 0 fully saturated rings. The van der Waals surface area contributed by atoms with Gasteiger partial charge in [-0.25, -0.2) is 4.39 Å². The van der Waals surface area contributed by atoms with Crippen molar-refractivity contribution < 1.29 is 13.9 Å². The first kappa shape index (κ1) is 13.4. The van der Waals surface area contributed by atoms with Crippen molar-refractivity contribution in [2.75, 3.05) is 14.2 Å². The maximum atomic E-state index is 13.3. The van der Waals surface area contributed by atoms with Crippen molar-refractivity contribution in [2.45, 2.75) is 0 Å². The third-order valence-electron chi connectivity index (χ3n) is 3.34. The molecule has 0 aliphatic rings. The topological polar surface area (TPSA) is 31.4 Å². The van der Waals surface area contributed by atoms with Gasteiger partial charge in [0.05, 0.1) is 19.7 Å². The second-order valence-corrected chi connectivity index (χ2v) is 4.63. The Hall–Kier alpha value is -2.62. The van der Waals surface area contributed by atoms with Gasteiger partial charge >= 0.3 is 0 Å². The second kappa shape index (κ2) is 5.40. The fourth-order valence-corrected chi connectivity index (χ4v) is 2.28. The molecule has 0 aliphatic heterocycles. The van der Waals surface area contributed by atoms with Crippen LogP contribution in [0.1, 0.15) is 0 Å². The molecule has 1 heterocycles. The molecule has 0 unspecified atom stereocenters. The number of hydrogen-bond donors (Lipinski definition) is 0. The Morgan fingerprint density at radius 2 is 1.67 bits per heavy atom. The summed E-state index contributed by atoms with van der Waals surface area (Å²) >= 11 is 0. The van der Waals surface area contributed by atoms with E-state index in [1.165, 1.54) is 12.1 Å². The molecule has 0 radical (unpaired) electrons. The highest BCUT2D eigenvalue weighted by Crippen LogP contribution is 2.33. The zero-order valence-corrected chi connectivity index (χ0v) is 11.8. The van der Waals surface area contributed by atoms with Crippen molar-refractivity contribution in [1.29, 1.82) is 0 Å². The van der Waals surface area contributed by atoms with Crippen LogP contribution in [0, 0.1) is 5.82 Å². The summed E-state index contributed by atoms with van der Waals surface area (Å²) in [6, 6.07) is 12.1. The molecule has 0 saturated heterocycles. The monoisotopic (exact) mass is 283 g/mol. The Morgan fingerprint density at radius 3 is 2.38 bits per heavy atom. The van der Waals surface area contributed by atoms with Crippen LogP contribution in [0.5, 0.6) is 11.5 Å². The van der Waals surface area contributed by atoms with Crippen LogP contribution < -0.4 is 9.47 Å². The lowest BCUT2D eigenvalue weighted by Crippen LogP contribution is -1.92. The number of aromatic nitrogens is 1. The standard InChI is InChI=1S/C17H14FNO2/c1-20-16-8-12-6-13(11-4-3-5-14(18)7-11)10-19-15(12)9-17(16)21-2/h3-10H,1-2H3. The smallest absolute Gasteiger partial charge is 0.162 e. The van der Waals surface area contributed by atoms with E-state index in [1.807, 2.05) is 24.3 Å². The normalized spacial score (nSPS) is 10.6. The quantitative estimate of drug-likeness (QED) is 0.726. The molecule has 4 heteroatoms. The molecule has 2 aromatic carbocycles. The highest BCUT2D eigenvalue weighted by molar-refractivity contribution is 5.86. The van der Waals surface area contributed by atoms with Gasteiger partial charge in [-0.05, 0) is 29.8 Å². The van der Waals surface area contributed by atoms with Crippen LogP contribution in [0.4, 0.5) is 4.39 Å². The molecular weight excluding hydrogens is 269 g/mol. The predicted octanol–water partition coefficient (Wildman–Crippen LogP) is 4.06. The maximum absolute atomic E-state index is 13.3. The van der Waals surface area contributed by atoms with Crippen molar-refractivity contribution >= 4 is 10.9 Å². The summed E-state index contributed by atoms with van der Waals surface area (Å²) in [5.74, 6) is 1.01. The molecule has 106 valence electrons. The molecule has 0 aliphatic carbocycles. The molecule has 21 heavy (non-hydrogen) atoms. The van der Waals surface area contributed by atoms with Crippen LogP contribution in [0.3, 0.4) is 0 Å². The summed E-state index contributed by atoms with van der Waals surface area (Å²) in [5, 5.41) is 0.911. The van der Waals surface area contributed by atoms with Crippen molar-refractivity contribution in [3.05, 3.63) is 54.5 Å². The van der Waals surface area contributed by atoms with Crippen molar-refractivity contribution in [1.82, 2.24) is 4.98 Å². The molecule has 0 bridgehead atoms. The number of pyridine rings is 1. The molecule has 3 nitrogen and oxygen atoms in total. The van der Waals surface area contributed by atoms with Gasteiger partial charge in [0.25, 0.3) is 0 Å². The number of rotatable bonds is 3. The van der Waals surface area contributed by atoms with Gasteiger partial charge in [0, 0.05) is 23.2 Å². The van der Waals surface area contributed by atoms with E-state index in [4.69, 9.17) is 9.47 Å². The lowest BCUT2D eigenvalue weighted by molar-refractivity contribution is 0.356. The average Bonchev–Trinajstić information content (AvgIpc) is 2.53. The van der Waals surface area contributed by atoms with Gasteiger partial charge in [0.1, 0.15) is 5.82 Å². The summed E-state index contributed by atoms with van der Waals surface area (Å²) in [5.41, 5.74) is 2.45. The molecule has 3 rings (SSSR count). The van der Waals surface area contributed by atoms with E-state index in [-0.39, 0.29) is 5.82 Å². The summed E-state index contributed by atoms with van der Waals surface area (Å²) in [6.45, 7) is 0. The average molecular weight is 283 g/mol. The highest BCUT2D eigenvalue weighted by atomic mass is 19.1. The second-order valence-electron chi connectivity index (χ2n) is 4.63. The molecule has 1 aromatic heterocycles. The minimum Gasteiger partial charge on any atom is -0.493 e. The molecule has 0 saturated carbocycles. The summed E-state index contributed by atoms with van der Waals surface area (Å²) < 4.78 is 23.9. The number of fused-ring (bicyclic) bond motifs is 1. The van der Waals surface area contributed by atoms with Gasteiger partial charge < -0.3 is 9.47 Å². The van der Waals surface area contributed by atoms with E-state index in [0.717, 1.165) is 22.0 Å². The van der Waals surface area contributed by atoms with Gasteiger partial charge in [-0.3, -0.25) is 4.98 Å². The largest absolute Gasteiger partial charge is 0.493 e. The third kappa shape index (κ3) is 2.52. The first-order valence-corrected chi connectivity index (χ1v) is 6.49. The summed E-state index contributed by atoms with van der Waals surface area (Å²) in [4.78, 5) is 4.41. The lowest BCUT2D eigenvalue weighted by atomic mass is 10.1. The van der Waals surface area contributed by atoms with E-state index in [1.54, 1.807) is 26.5 Å². The van der Waals surface area contributed by atoms with Gasteiger partial charge in [0.2, 0.25) is 0 Å².